The van der Waals surface area contributed by atoms with Gasteiger partial charge >= 0.3 is 12.3 Å². The van der Waals surface area contributed by atoms with E-state index in [-0.39, 0.29) is 10.9 Å². The minimum atomic E-state index is -4.59. The molecule has 5 aliphatic carbocycles. The molecule has 0 radical (unpaired) electrons. The number of para-hydroxylation sites is 1. The molecule has 1 aromatic heterocycles. The average Bonchev–Trinajstić information content (AvgIpc) is 3.36. The van der Waals surface area contributed by atoms with Gasteiger partial charge in [0, 0.05) is 42.3 Å². The molecule has 1 amide bonds. The fourth-order valence-electron chi connectivity index (χ4n) is 9.84. The third kappa shape index (κ3) is 5.03. The van der Waals surface area contributed by atoms with Gasteiger partial charge in [0.2, 0.25) is 11.6 Å². The SMILES string of the molecule is Cc1cc([C@H](O)C2CCCCN2C(=O)OC2CCCC3(C2)OOC2(O3)C3CC4CC(C3)CC2C4)c2cccc(C(F)(F)F)c2n1. The van der Waals surface area contributed by atoms with Crippen LogP contribution >= 0.6 is 0 Å². The van der Waals surface area contributed by atoms with Crippen molar-refractivity contribution in [3.05, 3.63) is 41.1 Å². The van der Waals surface area contributed by atoms with Crippen molar-refractivity contribution in [2.75, 3.05) is 6.54 Å². The molecule has 2 aromatic rings. The number of alkyl halides is 3. The van der Waals surface area contributed by atoms with E-state index < -0.39 is 47.7 Å². The van der Waals surface area contributed by atoms with E-state index in [0.717, 1.165) is 62.8 Å². The summed E-state index contributed by atoms with van der Waals surface area (Å²) < 4.78 is 54.4. The van der Waals surface area contributed by atoms with Crippen LogP contribution in [0.1, 0.15) is 100.0 Å². The summed E-state index contributed by atoms with van der Waals surface area (Å²) in [6.07, 6.45) is 3.52. The van der Waals surface area contributed by atoms with Crippen LogP contribution in [0.4, 0.5) is 18.0 Å². The van der Waals surface area contributed by atoms with E-state index in [9.17, 15) is 23.1 Å². The fourth-order valence-corrected chi connectivity index (χ4v) is 9.84. The smallest absolute Gasteiger partial charge is 0.418 e. The third-order valence-electron chi connectivity index (χ3n) is 11.6. The van der Waals surface area contributed by atoms with Crippen LogP contribution in [0, 0.1) is 30.6 Å². The number of aliphatic hydroxyl groups is 1. The van der Waals surface area contributed by atoms with Crippen LogP contribution in [0.3, 0.4) is 0 Å². The number of aromatic nitrogens is 1. The molecule has 1 N–H and O–H groups in total. The van der Waals surface area contributed by atoms with Gasteiger partial charge in [0.25, 0.3) is 0 Å². The van der Waals surface area contributed by atoms with Crippen LogP contribution in [0.5, 0.6) is 0 Å². The summed E-state index contributed by atoms with van der Waals surface area (Å²) in [5, 5.41) is 11.9. The highest BCUT2D eigenvalue weighted by molar-refractivity contribution is 5.86. The quantitative estimate of drug-likeness (QED) is 0.355. The summed E-state index contributed by atoms with van der Waals surface area (Å²) in [5.74, 6) is 0.562. The highest BCUT2D eigenvalue weighted by atomic mass is 19.4. The molecule has 11 heteroatoms. The number of carbonyl (C=O) groups is 1. The number of piperidine rings is 1. The number of pyridine rings is 1. The Hall–Kier alpha value is -2.47. The number of hydrogen-bond donors (Lipinski definition) is 1. The summed E-state index contributed by atoms with van der Waals surface area (Å²) in [4.78, 5) is 31.7. The number of carbonyl (C=O) groups excluding carboxylic acids is 1. The third-order valence-corrected chi connectivity index (χ3v) is 11.6. The van der Waals surface area contributed by atoms with E-state index >= 15 is 0 Å². The maximum absolute atomic E-state index is 13.8. The predicted molar refractivity (Wildman–Crippen MR) is 155 cm³/mol. The average molecular weight is 631 g/mol. The number of halogens is 3. The zero-order chi connectivity index (χ0) is 31.1. The van der Waals surface area contributed by atoms with Crippen molar-refractivity contribution in [3.8, 4) is 0 Å². The minimum absolute atomic E-state index is 0.202. The lowest BCUT2D eigenvalue weighted by atomic mass is 9.53. The van der Waals surface area contributed by atoms with Crippen LogP contribution < -0.4 is 0 Å². The first kappa shape index (κ1) is 29.9. The molecular weight excluding hydrogens is 589 g/mol. The molecule has 7 aliphatic rings. The van der Waals surface area contributed by atoms with Gasteiger partial charge in [-0.3, -0.25) is 4.98 Å². The number of hydrogen-bond acceptors (Lipinski definition) is 7. The number of likely N-dealkylation sites (tertiary alicyclic amines) is 1. The number of aryl methyl sites for hydroxylation is 1. The van der Waals surface area contributed by atoms with Crippen molar-refractivity contribution in [3.63, 3.8) is 0 Å². The summed E-state index contributed by atoms with van der Waals surface area (Å²) in [6, 6.07) is 4.84. The Kier molecular flexibility index (Phi) is 7.17. The van der Waals surface area contributed by atoms with Gasteiger partial charge < -0.3 is 19.5 Å². The highest BCUT2D eigenvalue weighted by Gasteiger charge is 2.67. The monoisotopic (exact) mass is 630 g/mol. The zero-order valence-electron chi connectivity index (χ0n) is 25.6. The Bertz CT molecular complexity index is 1460. The summed E-state index contributed by atoms with van der Waals surface area (Å²) in [6.45, 7) is 2.00. The van der Waals surface area contributed by atoms with Gasteiger partial charge in [-0.15, -0.1) is 0 Å². The Morgan fingerprint density at radius 2 is 1.82 bits per heavy atom. The number of nitrogens with zero attached hydrogens (tertiary/aromatic N) is 2. The van der Waals surface area contributed by atoms with Crippen LogP contribution in [0.2, 0.25) is 0 Å². The molecule has 3 unspecified atom stereocenters. The van der Waals surface area contributed by atoms with Gasteiger partial charge in [-0.25, -0.2) is 4.79 Å². The fraction of sp³-hybridized carbons (Fsp3) is 0.706. The van der Waals surface area contributed by atoms with Gasteiger partial charge in [0.1, 0.15) is 12.2 Å². The van der Waals surface area contributed by atoms with Gasteiger partial charge in [0.15, 0.2) is 0 Å². The second-order valence-corrected chi connectivity index (χ2v) is 14.6. The number of rotatable bonds is 3. The Morgan fingerprint density at radius 1 is 1.07 bits per heavy atom. The maximum Gasteiger partial charge on any atom is 0.418 e. The lowest BCUT2D eigenvalue weighted by Crippen LogP contribution is -2.59. The number of fused-ring (bicyclic) bond motifs is 1. The van der Waals surface area contributed by atoms with Crippen LogP contribution in [0.25, 0.3) is 10.9 Å². The molecular formula is C34H41F3N2O6. The van der Waals surface area contributed by atoms with Gasteiger partial charge in [0.05, 0.1) is 17.1 Å². The number of benzene rings is 1. The molecule has 244 valence electrons. The molecule has 8 nitrogen and oxygen atoms in total. The topological polar surface area (TPSA) is 90.4 Å². The Morgan fingerprint density at radius 3 is 2.56 bits per heavy atom. The molecule has 4 atom stereocenters. The largest absolute Gasteiger partial charge is 0.446 e. The maximum atomic E-state index is 13.8. The van der Waals surface area contributed by atoms with Crippen molar-refractivity contribution in [1.29, 1.82) is 0 Å². The predicted octanol–water partition coefficient (Wildman–Crippen LogP) is 7.36. The van der Waals surface area contributed by atoms with Crippen molar-refractivity contribution >= 4 is 17.0 Å². The molecule has 45 heavy (non-hydrogen) atoms. The van der Waals surface area contributed by atoms with Crippen molar-refractivity contribution in [2.45, 2.75) is 120 Å². The lowest BCUT2D eigenvalue weighted by molar-refractivity contribution is -0.390. The van der Waals surface area contributed by atoms with Crippen molar-refractivity contribution in [2.24, 2.45) is 23.7 Å². The van der Waals surface area contributed by atoms with E-state index in [4.69, 9.17) is 19.2 Å². The summed E-state index contributed by atoms with van der Waals surface area (Å²) in [5.41, 5.74) is -0.358. The first-order valence-electron chi connectivity index (χ1n) is 16.7. The second-order valence-electron chi connectivity index (χ2n) is 14.6. The van der Waals surface area contributed by atoms with Gasteiger partial charge in [-0.1, -0.05) is 12.1 Å². The Balaban J connectivity index is 0.994. The normalized spacial score (nSPS) is 38.4. The molecule has 3 heterocycles. The summed E-state index contributed by atoms with van der Waals surface area (Å²) in [7, 11) is 0. The molecule has 2 aliphatic heterocycles. The van der Waals surface area contributed by atoms with E-state index in [2.05, 4.69) is 4.98 Å². The minimum Gasteiger partial charge on any atom is -0.446 e. The zero-order valence-corrected chi connectivity index (χ0v) is 25.6. The highest BCUT2D eigenvalue weighted by Crippen LogP contribution is 2.63. The van der Waals surface area contributed by atoms with Crippen LogP contribution in [0.15, 0.2) is 24.3 Å². The van der Waals surface area contributed by atoms with E-state index in [1.54, 1.807) is 24.0 Å². The van der Waals surface area contributed by atoms with Crippen molar-refractivity contribution in [1.82, 2.24) is 9.88 Å². The van der Waals surface area contributed by atoms with Crippen LogP contribution in [-0.2, 0) is 25.4 Å². The standard InChI is InChI=1S/C34H41F3N2O6/c1-19-12-26(25-7-4-8-27(29(25)38-19)34(35,36)37)30(40)28-9-2-3-11-39(28)31(41)42-24-6-5-10-32(18-24)43-33(45-44-32)22-14-20-13-21(16-22)17-23(33)15-20/h4,7-8,12,20-24,28,30,40H,2-3,5-6,9-11,13-18H2,1H3/t20?,21?,22?,23?,24?,28?,30-,32?,33?/m0/s1. The van der Waals surface area contributed by atoms with Gasteiger partial charge in [-0.2, -0.15) is 22.9 Å². The first-order chi connectivity index (χ1) is 21.5. The molecule has 4 bridgehead atoms. The molecule has 1 aromatic carbocycles. The Labute approximate surface area is 260 Å². The molecule has 5 saturated carbocycles. The van der Waals surface area contributed by atoms with E-state index in [1.165, 1.54) is 12.5 Å². The molecule has 2 saturated heterocycles. The summed E-state index contributed by atoms with van der Waals surface area (Å²) >= 11 is 0. The van der Waals surface area contributed by atoms with Gasteiger partial charge in [-0.05, 0) is 101 Å². The first-order valence-corrected chi connectivity index (χ1v) is 16.7. The number of amides is 1. The molecule has 9 rings (SSSR count). The van der Waals surface area contributed by atoms with Crippen LogP contribution in [-0.4, -0.2) is 51.3 Å². The van der Waals surface area contributed by atoms with E-state index in [0.29, 0.717) is 55.3 Å². The lowest BCUT2D eigenvalue weighted by Gasteiger charge is -2.57. The van der Waals surface area contributed by atoms with E-state index in [1.807, 2.05) is 0 Å². The number of aliphatic hydroxyl groups excluding tert-OH is 1. The van der Waals surface area contributed by atoms with Crippen molar-refractivity contribution < 1.29 is 42.3 Å². The molecule has 7 fully saturated rings. The second kappa shape index (κ2) is 10.8. The number of ether oxygens (including phenoxy) is 2. The molecule has 2 spiro atoms.